The van der Waals surface area contributed by atoms with Crippen molar-refractivity contribution in [1.29, 1.82) is 0 Å². The summed E-state index contributed by atoms with van der Waals surface area (Å²) >= 11 is 0. The molecule has 126 valence electrons. The molecular weight excluding hydrogens is 307 g/mol. The predicted octanol–water partition coefficient (Wildman–Crippen LogP) is 3.01. The molecule has 1 aliphatic rings. The molecule has 1 N–H and O–H groups in total. The Hall–Kier alpha value is -2.40. The third-order valence-corrected chi connectivity index (χ3v) is 4.13. The molecule has 3 rings (SSSR count). The summed E-state index contributed by atoms with van der Waals surface area (Å²) in [5.74, 6) is 0.330. The molecule has 1 amide bonds. The number of halogens is 1. The van der Waals surface area contributed by atoms with Crippen molar-refractivity contribution >= 4 is 5.91 Å². The van der Waals surface area contributed by atoms with Crippen LogP contribution in [0, 0.1) is 5.82 Å². The molecule has 1 unspecified atom stereocenters. The number of nitrogens with zero attached hydrogens (tertiary/aromatic N) is 1. The maximum atomic E-state index is 13.6. The van der Waals surface area contributed by atoms with Crippen LogP contribution in [-0.2, 0) is 0 Å². The summed E-state index contributed by atoms with van der Waals surface area (Å²) in [5, 5.41) is 3.28. The number of benzene rings is 2. The van der Waals surface area contributed by atoms with Gasteiger partial charge in [0.2, 0.25) is 0 Å². The lowest BCUT2D eigenvalue weighted by atomic mass is 10.0. The second kappa shape index (κ2) is 7.45. The molecule has 4 nitrogen and oxygen atoms in total. The second-order valence-electron chi connectivity index (χ2n) is 5.73. The molecular formula is C19H21FN2O2. The SMILES string of the molecule is CCOc1cccc(C(=O)N2CCNCC2c2cccc(F)c2)c1. The van der Waals surface area contributed by atoms with E-state index in [-0.39, 0.29) is 17.8 Å². The van der Waals surface area contributed by atoms with Crippen molar-refractivity contribution in [3.63, 3.8) is 0 Å². The van der Waals surface area contributed by atoms with Crippen molar-refractivity contribution in [2.24, 2.45) is 0 Å². The van der Waals surface area contributed by atoms with Crippen LogP contribution in [0.1, 0.15) is 28.9 Å². The molecule has 1 saturated heterocycles. The quantitative estimate of drug-likeness (QED) is 0.938. The third-order valence-electron chi connectivity index (χ3n) is 4.13. The Bertz CT molecular complexity index is 720. The first kappa shape index (κ1) is 16.5. The van der Waals surface area contributed by atoms with Crippen molar-refractivity contribution in [2.75, 3.05) is 26.2 Å². The number of carbonyl (C=O) groups is 1. The summed E-state index contributed by atoms with van der Waals surface area (Å²) in [5.41, 5.74) is 1.39. The van der Waals surface area contributed by atoms with Crippen molar-refractivity contribution in [2.45, 2.75) is 13.0 Å². The van der Waals surface area contributed by atoms with Crippen LogP contribution in [-0.4, -0.2) is 37.0 Å². The fourth-order valence-corrected chi connectivity index (χ4v) is 3.01. The number of carbonyl (C=O) groups excluding carboxylic acids is 1. The highest BCUT2D eigenvalue weighted by Crippen LogP contribution is 2.25. The summed E-state index contributed by atoms with van der Waals surface area (Å²) < 4.78 is 19.0. The maximum absolute atomic E-state index is 13.6. The Morgan fingerprint density at radius 2 is 2.12 bits per heavy atom. The summed E-state index contributed by atoms with van der Waals surface area (Å²) in [6, 6.07) is 13.5. The van der Waals surface area contributed by atoms with E-state index in [0.717, 1.165) is 12.1 Å². The first-order valence-electron chi connectivity index (χ1n) is 8.19. The van der Waals surface area contributed by atoms with Gasteiger partial charge in [0, 0.05) is 25.2 Å². The fourth-order valence-electron chi connectivity index (χ4n) is 3.01. The molecule has 2 aromatic rings. The van der Waals surface area contributed by atoms with E-state index in [4.69, 9.17) is 4.74 Å². The topological polar surface area (TPSA) is 41.6 Å². The van der Waals surface area contributed by atoms with Crippen molar-refractivity contribution in [3.8, 4) is 5.75 Å². The lowest BCUT2D eigenvalue weighted by molar-refractivity contribution is 0.0633. The van der Waals surface area contributed by atoms with E-state index in [1.54, 1.807) is 23.1 Å². The molecule has 0 bridgehead atoms. The minimum absolute atomic E-state index is 0.0627. The lowest BCUT2D eigenvalue weighted by Crippen LogP contribution is -2.48. The Labute approximate surface area is 141 Å². The van der Waals surface area contributed by atoms with Crippen LogP contribution < -0.4 is 10.1 Å². The van der Waals surface area contributed by atoms with Crippen molar-refractivity contribution in [1.82, 2.24) is 10.2 Å². The van der Waals surface area contributed by atoms with E-state index in [2.05, 4.69) is 5.32 Å². The Balaban J connectivity index is 1.87. The molecule has 0 spiro atoms. The number of hydrogen-bond donors (Lipinski definition) is 1. The normalized spacial score (nSPS) is 17.6. The standard InChI is InChI=1S/C19H21FN2O2/c1-2-24-17-8-4-6-15(12-17)19(23)22-10-9-21-13-18(22)14-5-3-7-16(20)11-14/h3-8,11-12,18,21H,2,9-10,13H2,1H3. The molecule has 1 atom stereocenters. The van der Waals surface area contributed by atoms with Gasteiger partial charge in [-0.25, -0.2) is 4.39 Å². The van der Waals surface area contributed by atoms with E-state index in [1.807, 2.05) is 25.1 Å². The summed E-state index contributed by atoms with van der Waals surface area (Å²) in [4.78, 5) is 14.8. The van der Waals surface area contributed by atoms with Crippen molar-refractivity contribution < 1.29 is 13.9 Å². The molecule has 1 fully saturated rings. The molecule has 24 heavy (non-hydrogen) atoms. The van der Waals surface area contributed by atoms with Gasteiger partial charge in [0.1, 0.15) is 11.6 Å². The van der Waals surface area contributed by atoms with Gasteiger partial charge in [0.05, 0.1) is 12.6 Å². The van der Waals surface area contributed by atoms with Gasteiger partial charge in [-0.1, -0.05) is 18.2 Å². The second-order valence-corrected chi connectivity index (χ2v) is 5.73. The van der Waals surface area contributed by atoms with Crippen LogP contribution >= 0.6 is 0 Å². The van der Waals surface area contributed by atoms with Gasteiger partial charge in [-0.15, -0.1) is 0 Å². The van der Waals surface area contributed by atoms with Crippen molar-refractivity contribution in [3.05, 3.63) is 65.5 Å². The molecule has 1 heterocycles. The van der Waals surface area contributed by atoms with Crippen LogP contribution in [0.25, 0.3) is 0 Å². The van der Waals surface area contributed by atoms with E-state index in [1.165, 1.54) is 12.1 Å². The highest BCUT2D eigenvalue weighted by atomic mass is 19.1. The van der Waals surface area contributed by atoms with Gasteiger partial charge < -0.3 is 15.0 Å². The van der Waals surface area contributed by atoms with Crippen LogP contribution in [0.3, 0.4) is 0 Å². The summed E-state index contributed by atoms with van der Waals surface area (Å²) in [6.45, 7) is 4.38. The zero-order chi connectivity index (χ0) is 16.9. The van der Waals surface area contributed by atoms with E-state index >= 15 is 0 Å². The molecule has 0 saturated carbocycles. The van der Waals surface area contributed by atoms with Gasteiger partial charge in [0.15, 0.2) is 0 Å². The summed E-state index contributed by atoms with van der Waals surface area (Å²) in [7, 11) is 0. The molecule has 5 heteroatoms. The Morgan fingerprint density at radius 1 is 1.29 bits per heavy atom. The van der Waals surface area contributed by atoms with Crippen LogP contribution in [0.5, 0.6) is 5.75 Å². The predicted molar refractivity (Wildman–Crippen MR) is 90.7 cm³/mol. The molecule has 0 aliphatic carbocycles. The van der Waals surface area contributed by atoms with Crippen LogP contribution in [0.4, 0.5) is 4.39 Å². The Kier molecular flexibility index (Phi) is 5.11. The van der Waals surface area contributed by atoms with Gasteiger partial charge in [0.25, 0.3) is 5.91 Å². The lowest BCUT2D eigenvalue weighted by Gasteiger charge is -2.36. The first-order chi connectivity index (χ1) is 11.7. The molecule has 0 radical (unpaired) electrons. The van der Waals surface area contributed by atoms with Gasteiger partial charge in [-0.2, -0.15) is 0 Å². The zero-order valence-electron chi connectivity index (χ0n) is 13.7. The minimum Gasteiger partial charge on any atom is -0.494 e. The average Bonchev–Trinajstić information content (AvgIpc) is 2.62. The monoisotopic (exact) mass is 328 g/mol. The van der Waals surface area contributed by atoms with Crippen LogP contribution in [0.15, 0.2) is 48.5 Å². The van der Waals surface area contributed by atoms with E-state index in [9.17, 15) is 9.18 Å². The smallest absolute Gasteiger partial charge is 0.254 e. The minimum atomic E-state index is -0.288. The largest absolute Gasteiger partial charge is 0.494 e. The third kappa shape index (κ3) is 3.57. The van der Waals surface area contributed by atoms with Gasteiger partial charge in [-0.05, 0) is 42.8 Å². The average molecular weight is 328 g/mol. The number of nitrogens with one attached hydrogen (secondary N) is 1. The first-order valence-corrected chi connectivity index (χ1v) is 8.19. The number of hydrogen-bond acceptors (Lipinski definition) is 3. The Morgan fingerprint density at radius 3 is 2.92 bits per heavy atom. The zero-order valence-corrected chi connectivity index (χ0v) is 13.7. The summed E-state index contributed by atoms with van der Waals surface area (Å²) in [6.07, 6.45) is 0. The molecule has 2 aromatic carbocycles. The van der Waals surface area contributed by atoms with E-state index in [0.29, 0.717) is 31.0 Å². The van der Waals surface area contributed by atoms with E-state index < -0.39 is 0 Å². The highest BCUT2D eigenvalue weighted by Gasteiger charge is 2.29. The van der Waals surface area contributed by atoms with Gasteiger partial charge in [-0.3, -0.25) is 4.79 Å². The highest BCUT2D eigenvalue weighted by molar-refractivity contribution is 5.95. The van der Waals surface area contributed by atoms with Crippen LogP contribution in [0.2, 0.25) is 0 Å². The molecule has 0 aromatic heterocycles. The number of ether oxygens (including phenoxy) is 1. The number of amides is 1. The maximum Gasteiger partial charge on any atom is 0.254 e. The van der Waals surface area contributed by atoms with Gasteiger partial charge >= 0.3 is 0 Å². The molecule has 1 aliphatic heterocycles. The number of rotatable bonds is 4. The fraction of sp³-hybridized carbons (Fsp3) is 0.316. The number of piperazine rings is 1.